The molecule has 7 heteroatoms. The van der Waals surface area contributed by atoms with Gasteiger partial charge < -0.3 is 14.8 Å². The molecular formula is C21H31NO4S2. The van der Waals surface area contributed by atoms with Crippen LogP contribution in [-0.2, 0) is 20.7 Å². The Hall–Kier alpha value is -1.34. The number of hydrogen-bond acceptors (Lipinski definition) is 6. The van der Waals surface area contributed by atoms with Crippen LogP contribution in [0, 0.1) is 5.41 Å². The van der Waals surface area contributed by atoms with Gasteiger partial charge in [-0.3, -0.25) is 4.79 Å². The minimum absolute atomic E-state index is 0.205. The first-order valence-electron chi connectivity index (χ1n) is 9.92. The van der Waals surface area contributed by atoms with Gasteiger partial charge in [0.2, 0.25) is 0 Å². The minimum atomic E-state index is -0.327. The molecule has 0 saturated heterocycles. The number of esters is 1. The van der Waals surface area contributed by atoms with E-state index < -0.39 is 0 Å². The molecule has 5 nitrogen and oxygen atoms in total. The third-order valence-electron chi connectivity index (χ3n) is 4.82. The van der Waals surface area contributed by atoms with Crippen molar-refractivity contribution in [2.75, 3.05) is 31.3 Å². The van der Waals surface area contributed by atoms with Crippen LogP contribution in [0.2, 0.25) is 0 Å². The largest absolute Gasteiger partial charge is 0.465 e. The fourth-order valence-corrected chi connectivity index (χ4v) is 4.86. The van der Waals surface area contributed by atoms with Gasteiger partial charge in [-0.15, -0.1) is 0 Å². The summed E-state index contributed by atoms with van der Waals surface area (Å²) in [5.74, 6) is 1.23. The van der Waals surface area contributed by atoms with E-state index in [1.807, 2.05) is 30.3 Å². The topological polar surface area (TPSA) is 64.6 Å². The second-order valence-electron chi connectivity index (χ2n) is 7.39. The van der Waals surface area contributed by atoms with E-state index in [1.165, 1.54) is 32.1 Å². The molecule has 1 amide bonds. The number of alkyl carbamates (subject to hydrolysis) is 1. The SMILES string of the molecule is CC1(CNC(=O)OCCSSCCOC(=O)Cc2ccccc2)CCCCC1. The van der Waals surface area contributed by atoms with Crippen molar-refractivity contribution in [1.82, 2.24) is 5.32 Å². The highest BCUT2D eigenvalue weighted by Crippen LogP contribution is 2.34. The Morgan fingerprint density at radius 3 is 2.32 bits per heavy atom. The second kappa shape index (κ2) is 13.0. The van der Waals surface area contributed by atoms with E-state index in [0.29, 0.717) is 31.9 Å². The van der Waals surface area contributed by atoms with Gasteiger partial charge in [-0.2, -0.15) is 0 Å². The van der Waals surface area contributed by atoms with Crippen LogP contribution in [0.1, 0.15) is 44.6 Å². The molecule has 28 heavy (non-hydrogen) atoms. The maximum atomic E-state index is 11.8. The molecule has 0 aromatic heterocycles. The van der Waals surface area contributed by atoms with Gasteiger partial charge in [-0.05, 0) is 23.8 Å². The summed E-state index contributed by atoms with van der Waals surface area (Å²) in [5.41, 5.74) is 1.18. The Morgan fingerprint density at radius 1 is 1.00 bits per heavy atom. The minimum Gasteiger partial charge on any atom is -0.465 e. The van der Waals surface area contributed by atoms with Crippen molar-refractivity contribution in [1.29, 1.82) is 0 Å². The number of carbonyl (C=O) groups excluding carboxylic acids is 2. The van der Waals surface area contributed by atoms with Crippen LogP contribution < -0.4 is 5.32 Å². The lowest BCUT2D eigenvalue weighted by atomic mass is 9.76. The standard InChI is InChI=1S/C21H31NO4S2/c1-21(10-6-3-7-11-21)17-22-20(24)26-13-15-28-27-14-12-25-19(23)16-18-8-4-2-5-9-18/h2,4-5,8-9H,3,6-7,10-17H2,1H3,(H,22,24). The van der Waals surface area contributed by atoms with Crippen molar-refractivity contribution < 1.29 is 19.1 Å². The maximum Gasteiger partial charge on any atom is 0.407 e. The van der Waals surface area contributed by atoms with Crippen LogP contribution >= 0.6 is 21.6 Å². The van der Waals surface area contributed by atoms with E-state index in [1.54, 1.807) is 21.6 Å². The molecule has 1 aromatic rings. The van der Waals surface area contributed by atoms with Crippen molar-refractivity contribution in [3.05, 3.63) is 35.9 Å². The zero-order chi connectivity index (χ0) is 20.1. The van der Waals surface area contributed by atoms with Crippen LogP contribution in [-0.4, -0.2) is 43.3 Å². The van der Waals surface area contributed by atoms with E-state index in [-0.39, 0.29) is 17.5 Å². The van der Waals surface area contributed by atoms with E-state index in [9.17, 15) is 9.59 Å². The molecule has 156 valence electrons. The number of benzene rings is 1. The van der Waals surface area contributed by atoms with Crippen LogP contribution in [0.4, 0.5) is 4.79 Å². The van der Waals surface area contributed by atoms with Gasteiger partial charge in [-0.25, -0.2) is 4.79 Å². The molecule has 1 saturated carbocycles. The number of rotatable bonds is 11. The van der Waals surface area contributed by atoms with Gasteiger partial charge in [0.15, 0.2) is 0 Å². The molecule has 2 rings (SSSR count). The summed E-state index contributed by atoms with van der Waals surface area (Å²) in [5, 5.41) is 2.90. The molecule has 0 spiro atoms. The third kappa shape index (κ3) is 9.73. The highest BCUT2D eigenvalue weighted by molar-refractivity contribution is 8.76. The van der Waals surface area contributed by atoms with E-state index in [4.69, 9.17) is 9.47 Å². The average molecular weight is 426 g/mol. The van der Waals surface area contributed by atoms with Gasteiger partial charge in [0.1, 0.15) is 13.2 Å². The van der Waals surface area contributed by atoms with Crippen molar-refractivity contribution in [3.8, 4) is 0 Å². The molecule has 0 bridgehead atoms. The second-order valence-corrected chi connectivity index (χ2v) is 10.1. The summed E-state index contributed by atoms with van der Waals surface area (Å²) in [6.07, 6.45) is 6.14. The number of hydrogen-bond donors (Lipinski definition) is 1. The van der Waals surface area contributed by atoms with E-state index >= 15 is 0 Å². The number of ether oxygens (including phenoxy) is 2. The summed E-state index contributed by atoms with van der Waals surface area (Å²) in [7, 11) is 3.23. The Balaban J connectivity index is 1.41. The van der Waals surface area contributed by atoms with Crippen LogP contribution in [0.25, 0.3) is 0 Å². The van der Waals surface area contributed by atoms with Gasteiger partial charge in [0.05, 0.1) is 6.42 Å². The molecular weight excluding hydrogens is 394 g/mol. The summed E-state index contributed by atoms with van der Waals surface area (Å²) in [6, 6.07) is 9.57. The maximum absolute atomic E-state index is 11.8. The number of amides is 1. The molecule has 1 aliphatic rings. The monoisotopic (exact) mass is 425 g/mol. The molecule has 0 unspecified atom stereocenters. The first-order valence-corrected chi connectivity index (χ1v) is 12.4. The first kappa shape index (κ1) is 22.9. The zero-order valence-corrected chi connectivity index (χ0v) is 18.2. The lowest BCUT2D eigenvalue weighted by Gasteiger charge is -2.33. The Labute approximate surface area is 176 Å². The smallest absolute Gasteiger partial charge is 0.407 e. The van der Waals surface area contributed by atoms with Gasteiger partial charge >= 0.3 is 12.1 Å². The van der Waals surface area contributed by atoms with Gasteiger partial charge in [0.25, 0.3) is 0 Å². The number of nitrogens with one attached hydrogen (secondary N) is 1. The van der Waals surface area contributed by atoms with Crippen molar-refractivity contribution in [2.45, 2.75) is 45.4 Å². The van der Waals surface area contributed by atoms with Gasteiger partial charge in [-0.1, -0.05) is 78.1 Å². The third-order valence-corrected chi connectivity index (χ3v) is 7.16. The van der Waals surface area contributed by atoms with Crippen LogP contribution in [0.15, 0.2) is 30.3 Å². The summed E-state index contributed by atoms with van der Waals surface area (Å²) >= 11 is 0. The fraction of sp³-hybridized carbons (Fsp3) is 0.619. The van der Waals surface area contributed by atoms with Gasteiger partial charge in [0, 0.05) is 18.1 Å². The molecule has 0 aliphatic heterocycles. The molecule has 0 radical (unpaired) electrons. The highest BCUT2D eigenvalue weighted by atomic mass is 33.1. The molecule has 1 aliphatic carbocycles. The normalized spacial score (nSPS) is 15.6. The number of carbonyl (C=O) groups is 2. The molecule has 0 heterocycles. The Morgan fingerprint density at radius 2 is 1.64 bits per heavy atom. The Bertz CT molecular complexity index is 591. The highest BCUT2D eigenvalue weighted by Gasteiger charge is 2.27. The zero-order valence-electron chi connectivity index (χ0n) is 16.6. The fourth-order valence-electron chi connectivity index (χ4n) is 3.21. The summed E-state index contributed by atoms with van der Waals surface area (Å²) in [6.45, 7) is 3.71. The van der Waals surface area contributed by atoms with Crippen molar-refractivity contribution >= 4 is 33.7 Å². The van der Waals surface area contributed by atoms with Crippen LogP contribution in [0.5, 0.6) is 0 Å². The average Bonchev–Trinajstić information content (AvgIpc) is 2.70. The molecule has 1 N–H and O–H groups in total. The first-order chi connectivity index (χ1) is 13.6. The quantitative estimate of drug-likeness (QED) is 0.311. The van der Waals surface area contributed by atoms with E-state index in [0.717, 1.165) is 11.3 Å². The predicted octanol–water partition coefficient (Wildman–Crippen LogP) is 4.85. The van der Waals surface area contributed by atoms with Crippen molar-refractivity contribution in [2.24, 2.45) is 5.41 Å². The van der Waals surface area contributed by atoms with Crippen LogP contribution in [0.3, 0.4) is 0 Å². The molecule has 0 atom stereocenters. The summed E-state index contributed by atoms with van der Waals surface area (Å²) in [4.78, 5) is 23.5. The Kier molecular flexibility index (Phi) is 10.6. The molecule has 1 aromatic carbocycles. The predicted molar refractivity (Wildman–Crippen MR) is 117 cm³/mol. The lowest BCUT2D eigenvalue weighted by molar-refractivity contribution is -0.142. The molecule has 1 fully saturated rings. The van der Waals surface area contributed by atoms with E-state index in [2.05, 4.69) is 12.2 Å². The summed E-state index contributed by atoms with van der Waals surface area (Å²) < 4.78 is 10.4. The lowest BCUT2D eigenvalue weighted by Crippen LogP contribution is -2.37. The van der Waals surface area contributed by atoms with Crippen molar-refractivity contribution in [3.63, 3.8) is 0 Å².